The zero-order valence-electron chi connectivity index (χ0n) is 17.9. The summed E-state index contributed by atoms with van der Waals surface area (Å²) < 4.78 is 41.9. The van der Waals surface area contributed by atoms with Crippen molar-refractivity contribution in [3.63, 3.8) is 0 Å². The lowest BCUT2D eigenvalue weighted by Gasteiger charge is -2.19. The van der Waals surface area contributed by atoms with Crippen molar-refractivity contribution in [2.45, 2.75) is 58.0 Å². The van der Waals surface area contributed by atoms with E-state index < -0.39 is 17.7 Å². The molecule has 4 nitrogen and oxygen atoms in total. The van der Waals surface area contributed by atoms with E-state index in [9.17, 15) is 18.0 Å². The van der Waals surface area contributed by atoms with Crippen molar-refractivity contribution in [1.82, 2.24) is 14.7 Å². The van der Waals surface area contributed by atoms with Gasteiger partial charge in [0, 0.05) is 30.8 Å². The van der Waals surface area contributed by atoms with Crippen LogP contribution in [-0.2, 0) is 11.0 Å². The number of imidazole rings is 1. The molecule has 0 saturated carbocycles. The standard InChI is InChI=1S/C24H28F3N3O/c1-3-4-5-6-13-28-23(31)15-20(18-10-8-11-19(14-18)24(25,26)27)21-16-29-22-12-7-9-17(2)30(21)22/h7-12,14,16,20H,3-6,13,15H2,1-2H3,(H,28,31). The molecule has 31 heavy (non-hydrogen) atoms. The third-order valence-corrected chi connectivity index (χ3v) is 5.47. The lowest BCUT2D eigenvalue weighted by molar-refractivity contribution is -0.137. The summed E-state index contributed by atoms with van der Waals surface area (Å²) in [5.41, 5.74) is 2.03. The van der Waals surface area contributed by atoms with Gasteiger partial charge in [0.15, 0.2) is 0 Å². The van der Waals surface area contributed by atoms with Gasteiger partial charge in [0.25, 0.3) is 0 Å². The van der Waals surface area contributed by atoms with Gasteiger partial charge in [-0.05, 0) is 37.1 Å². The predicted molar refractivity (Wildman–Crippen MR) is 115 cm³/mol. The van der Waals surface area contributed by atoms with Crippen molar-refractivity contribution in [2.75, 3.05) is 6.54 Å². The van der Waals surface area contributed by atoms with Crippen LogP contribution in [0.15, 0.2) is 48.7 Å². The van der Waals surface area contributed by atoms with Crippen LogP contribution in [0.2, 0.25) is 0 Å². The Kier molecular flexibility index (Phi) is 7.36. The normalized spacial score (nSPS) is 12.8. The predicted octanol–water partition coefficient (Wildman–Crippen LogP) is 5.88. The van der Waals surface area contributed by atoms with Crippen LogP contribution in [-0.4, -0.2) is 21.8 Å². The molecule has 7 heteroatoms. The molecule has 2 heterocycles. The second kappa shape index (κ2) is 9.98. The summed E-state index contributed by atoms with van der Waals surface area (Å²) in [4.78, 5) is 17.1. The molecule has 1 aromatic carbocycles. The Morgan fingerprint density at radius 1 is 1.13 bits per heavy atom. The number of rotatable bonds is 9. The fraction of sp³-hybridized carbons (Fsp3) is 0.417. The highest BCUT2D eigenvalue weighted by Gasteiger charge is 2.32. The fourth-order valence-electron chi connectivity index (χ4n) is 3.84. The second-order valence-corrected chi connectivity index (χ2v) is 7.83. The number of carbonyl (C=O) groups excluding carboxylic acids is 1. The summed E-state index contributed by atoms with van der Waals surface area (Å²) in [5.74, 6) is -0.725. The van der Waals surface area contributed by atoms with E-state index in [0.717, 1.165) is 43.5 Å². The van der Waals surface area contributed by atoms with Crippen molar-refractivity contribution in [1.29, 1.82) is 0 Å². The summed E-state index contributed by atoms with van der Waals surface area (Å²) in [5, 5.41) is 2.92. The van der Waals surface area contributed by atoms with Gasteiger partial charge in [-0.25, -0.2) is 4.98 Å². The minimum atomic E-state index is -4.45. The molecule has 0 radical (unpaired) electrons. The maximum atomic E-state index is 13.3. The molecule has 0 spiro atoms. The zero-order chi connectivity index (χ0) is 22.4. The first-order valence-corrected chi connectivity index (χ1v) is 10.7. The van der Waals surface area contributed by atoms with E-state index in [1.807, 2.05) is 29.5 Å². The molecule has 1 unspecified atom stereocenters. The Balaban J connectivity index is 1.92. The Hall–Kier alpha value is -2.83. The SMILES string of the molecule is CCCCCCNC(=O)CC(c1cccc(C(F)(F)F)c1)c1cnc2cccc(C)n12. The van der Waals surface area contributed by atoms with E-state index in [0.29, 0.717) is 23.4 Å². The summed E-state index contributed by atoms with van der Waals surface area (Å²) in [7, 11) is 0. The number of pyridine rings is 1. The van der Waals surface area contributed by atoms with Gasteiger partial charge >= 0.3 is 6.18 Å². The molecule has 0 fully saturated rings. The summed E-state index contributed by atoms with van der Waals surface area (Å²) >= 11 is 0. The summed E-state index contributed by atoms with van der Waals surface area (Å²) in [6.07, 6.45) is 1.42. The first-order chi connectivity index (χ1) is 14.8. The minimum Gasteiger partial charge on any atom is -0.356 e. The molecule has 1 amide bonds. The highest BCUT2D eigenvalue weighted by molar-refractivity contribution is 5.77. The molecule has 0 bridgehead atoms. The number of carbonyl (C=O) groups is 1. The molecule has 3 rings (SSSR count). The van der Waals surface area contributed by atoms with Gasteiger partial charge in [-0.1, -0.05) is 50.5 Å². The molecular weight excluding hydrogens is 403 g/mol. The number of alkyl halides is 3. The molecule has 0 saturated heterocycles. The van der Waals surface area contributed by atoms with Crippen LogP contribution in [0.25, 0.3) is 5.65 Å². The maximum Gasteiger partial charge on any atom is 0.416 e. The number of fused-ring (bicyclic) bond motifs is 1. The summed E-state index contributed by atoms with van der Waals surface area (Å²) in [6.45, 7) is 4.60. The largest absolute Gasteiger partial charge is 0.416 e. The number of unbranched alkanes of at least 4 members (excludes halogenated alkanes) is 3. The van der Waals surface area contributed by atoms with Gasteiger partial charge in [0.1, 0.15) is 5.65 Å². The van der Waals surface area contributed by atoms with E-state index in [4.69, 9.17) is 0 Å². The van der Waals surface area contributed by atoms with Gasteiger partial charge < -0.3 is 9.72 Å². The number of amides is 1. The topological polar surface area (TPSA) is 46.4 Å². The Labute approximate surface area is 180 Å². The number of hydrogen-bond donors (Lipinski definition) is 1. The van der Waals surface area contributed by atoms with Gasteiger partial charge in [-0.3, -0.25) is 4.79 Å². The highest BCUT2D eigenvalue weighted by Crippen LogP contribution is 2.34. The van der Waals surface area contributed by atoms with Crippen LogP contribution in [0.4, 0.5) is 13.2 Å². The number of benzene rings is 1. The van der Waals surface area contributed by atoms with Crippen LogP contribution in [0.3, 0.4) is 0 Å². The average molecular weight is 432 g/mol. The molecule has 1 atom stereocenters. The molecule has 1 N–H and O–H groups in total. The number of aromatic nitrogens is 2. The third-order valence-electron chi connectivity index (χ3n) is 5.47. The average Bonchev–Trinajstić information content (AvgIpc) is 3.16. The number of halogens is 3. The fourth-order valence-corrected chi connectivity index (χ4v) is 3.84. The highest BCUT2D eigenvalue weighted by atomic mass is 19.4. The quantitative estimate of drug-likeness (QED) is 0.430. The van der Waals surface area contributed by atoms with E-state index in [2.05, 4.69) is 17.2 Å². The zero-order valence-corrected chi connectivity index (χ0v) is 17.9. The van der Waals surface area contributed by atoms with E-state index >= 15 is 0 Å². The Bertz CT molecular complexity index is 1030. The molecular formula is C24H28F3N3O. The number of nitrogens with one attached hydrogen (secondary N) is 1. The van der Waals surface area contributed by atoms with Crippen LogP contribution < -0.4 is 5.32 Å². The molecule has 0 aliphatic carbocycles. The van der Waals surface area contributed by atoms with Crippen molar-refractivity contribution >= 4 is 11.6 Å². The van der Waals surface area contributed by atoms with Crippen molar-refractivity contribution in [2.24, 2.45) is 0 Å². The second-order valence-electron chi connectivity index (χ2n) is 7.83. The Morgan fingerprint density at radius 2 is 1.90 bits per heavy atom. The third kappa shape index (κ3) is 5.66. The van der Waals surface area contributed by atoms with Crippen molar-refractivity contribution < 1.29 is 18.0 Å². The molecule has 3 aromatic rings. The summed E-state index contributed by atoms with van der Waals surface area (Å²) in [6, 6.07) is 10.9. The maximum absolute atomic E-state index is 13.3. The minimum absolute atomic E-state index is 0.0528. The van der Waals surface area contributed by atoms with Crippen LogP contribution in [0.1, 0.15) is 67.5 Å². The van der Waals surface area contributed by atoms with E-state index in [-0.39, 0.29) is 12.3 Å². The lowest BCUT2D eigenvalue weighted by atomic mass is 9.91. The van der Waals surface area contributed by atoms with Crippen LogP contribution in [0.5, 0.6) is 0 Å². The number of nitrogens with zero attached hydrogens (tertiary/aromatic N) is 2. The van der Waals surface area contributed by atoms with Gasteiger partial charge in [-0.2, -0.15) is 13.2 Å². The number of hydrogen-bond acceptors (Lipinski definition) is 2. The Morgan fingerprint density at radius 3 is 2.65 bits per heavy atom. The van der Waals surface area contributed by atoms with Crippen LogP contribution in [0, 0.1) is 6.92 Å². The van der Waals surface area contributed by atoms with Gasteiger partial charge in [-0.15, -0.1) is 0 Å². The smallest absolute Gasteiger partial charge is 0.356 e. The lowest BCUT2D eigenvalue weighted by Crippen LogP contribution is -2.27. The monoisotopic (exact) mass is 431 g/mol. The van der Waals surface area contributed by atoms with E-state index in [1.54, 1.807) is 12.3 Å². The first-order valence-electron chi connectivity index (χ1n) is 10.7. The molecule has 2 aromatic heterocycles. The van der Waals surface area contributed by atoms with E-state index in [1.165, 1.54) is 6.07 Å². The first kappa shape index (κ1) is 22.8. The van der Waals surface area contributed by atoms with Crippen molar-refractivity contribution in [3.05, 3.63) is 71.2 Å². The molecule has 0 aliphatic heterocycles. The van der Waals surface area contributed by atoms with Gasteiger partial charge in [0.05, 0.1) is 11.3 Å². The molecule has 0 aliphatic rings. The molecule has 166 valence electrons. The van der Waals surface area contributed by atoms with Crippen molar-refractivity contribution in [3.8, 4) is 0 Å². The number of aryl methyl sites for hydroxylation is 1. The van der Waals surface area contributed by atoms with Gasteiger partial charge in [0.2, 0.25) is 5.91 Å². The van der Waals surface area contributed by atoms with Crippen LogP contribution >= 0.6 is 0 Å².